The summed E-state index contributed by atoms with van der Waals surface area (Å²) in [4.78, 5) is 14.5. The highest BCUT2D eigenvalue weighted by atomic mass is 16.5. The van der Waals surface area contributed by atoms with E-state index in [1.165, 1.54) is 12.8 Å². The van der Waals surface area contributed by atoms with Crippen LogP contribution in [-0.2, 0) is 16.1 Å². The summed E-state index contributed by atoms with van der Waals surface area (Å²) >= 11 is 0. The monoisotopic (exact) mass is 433 g/mol. The standard InChI is InChI=1S/C26H43NO4/c1-19(2)10-11-26(13-15-31-25(17-26)20(3)4)12-14-27(21(5)28)18-22-8-9-23(29-6)24(16-22)30-7/h8-9,16,19-20,25H,10-15,17-18H2,1-7H3. The Labute approximate surface area is 189 Å². The summed E-state index contributed by atoms with van der Waals surface area (Å²) in [6, 6.07) is 5.88. The van der Waals surface area contributed by atoms with Gasteiger partial charge < -0.3 is 19.1 Å². The topological polar surface area (TPSA) is 48.0 Å². The second-order valence-corrected chi connectivity index (χ2v) is 9.92. The molecule has 1 aromatic carbocycles. The molecule has 1 aliphatic heterocycles. The van der Waals surface area contributed by atoms with Gasteiger partial charge in [0.2, 0.25) is 5.91 Å². The van der Waals surface area contributed by atoms with Crippen LogP contribution >= 0.6 is 0 Å². The molecule has 0 saturated carbocycles. The van der Waals surface area contributed by atoms with Crippen molar-refractivity contribution < 1.29 is 19.0 Å². The zero-order chi connectivity index (χ0) is 23.0. The van der Waals surface area contributed by atoms with Crippen LogP contribution in [0.15, 0.2) is 18.2 Å². The van der Waals surface area contributed by atoms with Gasteiger partial charge in [-0.1, -0.05) is 40.2 Å². The van der Waals surface area contributed by atoms with Crippen LogP contribution in [0.5, 0.6) is 11.5 Å². The van der Waals surface area contributed by atoms with Gasteiger partial charge in [0.25, 0.3) is 0 Å². The molecule has 5 nitrogen and oxygen atoms in total. The Morgan fingerprint density at radius 2 is 1.87 bits per heavy atom. The normalized spacial score (nSPS) is 21.4. The molecule has 0 bridgehead atoms. The van der Waals surface area contributed by atoms with Gasteiger partial charge in [0.05, 0.1) is 20.3 Å². The van der Waals surface area contributed by atoms with Crippen molar-refractivity contribution in [2.75, 3.05) is 27.4 Å². The number of carbonyl (C=O) groups excluding carboxylic acids is 1. The maximum absolute atomic E-state index is 12.5. The zero-order valence-electron chi connectivity index (χ0n) is 20.7. The van der Waals surface area contributed by atoms with E-state index in [4.69, 9.17) is 14.2 Å². The molecule has 2 unspecified atom stereocenters. The van der Waals surface area contributed by atoms with Gasteiger partial charge in [0.1, 0.15) is 0 Å². The first-order valence-electron chi connectivity index (χ1n) is 11.8. The molecule has 5 heteroatoms. The minimum atomic E-state index is 0.112. The minimum absolute atomic E-state index is 0.112. The van der Waals surface area contributed by atoms with Gasteiger partial charge in [-0.2, -0.15) is 0 Å². The van der Waals surface area contributed by atoms with Crippen LogP contribution in [0.25, 0.3) is 0 Å². The van der Waals surface area contributed by atoms with Gasteiger partial charge in [0.15, 0.2) is 11.5 Å². The first kappa shape index (κ1) is 25.5. The van der Waals surface area contributed by atoms with Crippen LogP contribution in [0.2, 0.25) is 0 Å². The Morgan fingerprint density at radius 3 is 2.45 bits per heavy atom. The molecule has 0 aliphatic carbocycles. The number of benzene rings is 1. The van der Waals surface area contributed by atoms with Gasteiger partial charge in [-0.3, -0.25) is 4.79 Å². The Hall–Kier alpha value is -1.75. The van der Waals surface area contributed by atoms with Crippen molar-refractivity contribution in [3.63, 3.8) is 0 Å². The van der Waals surface area contributed by atoms with Crippen LogP contribution in [0.1, 0.15) is 72.3 Å². The number of amides is 1. The van der Waals surface area contributed by atoms with Gasteiger partial charge in [-0.25, -0.2) is 0 Å². The highest BCUT2D eigenvalue weighted by Crippen LogP contribution is 2.43. The van der Waals surface area contributed by atoms with E-state index in [-0.39, 0.29) is 11.3 Å². The second kappa shape index (κ2) is 11.8. The molecular weight excluding hydrogens is 390 g/mol. The summed E-state index contributed by atoms with van der Waals surface area (Å²) in [5.74, 6) is 2.72. The fraction of sp³-hybridized carbons (Fsp3) is 0.731. The number of ether oxygens (including phenoxy) is 3. The number of methoxy groups -OCH3 is 2. The second-order valence-electron chi connectivity index (χ2n) is 9.92. The lowest BCUT2D eigenvalue weighted by Crippen LogP contribution is -2.41. The van der Waals surface area contributed by atoms with Crippen molar-refractivity contribution in [1.29, 1.82) is 0 Å². The molecule has 1 aliphatic rings. The highest BCUT2D eigenvalue weighted by Gasteiger charge is 2.38. The minimum Gasteiger partial charge on any atom is -0.493 e. The number of carbonyl (C=O) groups is 1. The van der Waals surface area contributed by atoms with Gasteiger partial charge >= 0.3 is 0 Å². The molecular formula is C26H43NO4. The van der Waals surface area contributed by atoms with E-state index in [0.717, 1.165) is 38.0 Å². The first-order valence-corrected chi connectivity index (χ1v) is 11.8. The maximum Gasteiger partial charge on any atom is 0.219 e. The summed E-state index contributed by atoms with van der Waals surface area (Å²) in [6.45, 7) is 13.0. The summed E-state index contributed by atoms with van der Waals surface area (Å²) < 4.78 is 16.9. The summed E-state index contributed by atoms with van der Waals surface area (Å²) in [7, 11) is 3.27. The molecule has 0 radical (unpaired) electrons. The molecule has 2 atom stereocenters. The number of rotatable bonds is 11. The quantitative estimate of drug-likeness (QED) is 0.449. The smallest absolute Gasteiger partial charge is 0.219 e. The van der Waals surface area contributed by atoms with Crippen molar-refractivity contribution in [2.24, 2.45) is 17.3 Å². The molecule has 31 heavy (non-hydrogen) atoms. The van der Waals surface area contributed by atoms with Crippen LogP contribution in [0.3, 0.4) is 0 Å². The van der Waals surface area contributed by atoms with Gasteiger partial charge in [-0.15, -0.1) is 0 Å². The van der Waals surface area contributed by atoms with Crippen LogP contribution in [-0.4, -0.2) is 44.3 Å². The van der Waals surface area contributed by atoms with Crippen molar-refractivity contribution >= 4 is 5.91 Å². The number of hydrogen-bond acceptors (Lipinski definition) is 4. The molecule has 1 aromatic rings. The molecule has 1 fully saturated rings. The van der Waals surface area contributed by atoms with Crippen molar-refractivity contribution in [3.05, 3.63) is 23.8 Å². The molecule has 0 spiro atoms. The molecule has 0 aromatic heterocycles. The Kier molecular flexibility index (Phi) is 9.67. The van der Waals surface area contributed by atoms with E-state index < -0.39 is 0 Å². The molecule has 176 valence electrons. The summed E-state index contributed by atoms with van der Waals surface area (Å²) in [5.41, 5.74) is 1.30. The molecule has 1 saturated heterocycles. The third-order valence-electron chi connectivity index (χ3n) is 6.77. The van der Waals surface area contributed by atoms with Gasteiger partial charge in [-0.05, 0) is 60.6 Å². The molecule has 0 N–H and O–H groups in total. The zero-order valence-corrected chi connectivity index (χ0v) is 20.7. The molecule has 2 rings (SSSR count). The SMILES string of the molecule is COc1ccc(CN(CCC2(CCC(C)C)CCOC(C(C)C)C2)C(C)=O)cc1OC. The predicted molar refractivity (Wildman–Crippen MR) is 126 cm³/mol. The Bertz CT molecular complexity index is 703. The fourth-order valence-corrected chi connectivity index (χ4v) is 4.54. The van der Waals surface area contributed by atoms with Crippen LogP contribution in [0.4, 0.5) is 0 Å². The fourth-order valence-electron chi connectivity index (χ4n) is 4.54. The number of hydrogen-bond donors (Lipinski definition) is 0. The van der Waals surface area contributed by atoms with E-state index in [9.17, 15) is 4.79 Å². The van der Waals surface area contributed by atoms with Gasteiger partial charge in [0, 0.05) is 26.6 Å². The van der Waals surface area contributed by atoms with Crippen molar-refractivity contribution in [3.8, 4) is 11.5 Å². The van der Waals surface area contributed by atoms with Crippen LogP contribution < -0.4 is 9.47 Å². The average molecular weight is 434 g/mol. The summed E-state index contributed by atoms with van der Waals surface area (Å²) in [6.07, 6.45) is 5.96. The molecule has 1 heterocycles. The lowest BCUT2D eigenvalue weighted by Gasteiger charge is -2.44. The molecule has 1 amide bonds. The number of nitrogens with zero attached hydrogens (tertiary/aromatic N) is 1. The van der Waals surface area contributed by atoms with E-state index in [1.807, 2.05) is 23.1 Å². The average Bonchev–Trinajstić information content (AvgIpc) is 2.75. The lowest BCUT2D eigenvalue weighted by molar-refractivity contribution is -0.130. The van der Waals surface area contributed by atoms with E-state index in [1.54, 1.807) is 21.1 Å². The van der Waals surface area contributed by atoms with Crippen molar-refractivity contribution in [1.82, 2.24) is 4.90 Å². The maximum atomic E-state index is 12.5. The highest BCUT2D eigenvalue weighted by molar-refractivity contribution is 5.73. The van der Waals surface area contributed by atoms with E-state index >= 15 is 0 Å². The Balaban J connectivity index is 2.13. The first-order chi connectivity index (χ1) is 14.7. The van der Waals surface area contributed by atoms with Crippen LogP contribution in [0, 0.1) is 17.3 Å². The summed E-state index contributed by atoms with van der Waals surface area (Å²) in [5, 5.41) is 0. The predicted octanol–water partition coefficient (Wildman–Crippen LogP) is 5.70. The lowest BCUT2D eigenvalue weighted by atomic mass is 9.69. The third kappa shape index (κ3) is 7.41. The Morgan fingerprint density at radius 1 is 1.16 bits per heavy atom. The van der Waals surface area contributed by atoms with E-state index in [2.05, 4.69) is 27.7 Å². The largest absolute Gasteiger partial charge is 0.493 e. The van der Waals surface area contributed by atoms with Crippen molar-refractivity contribution in [2.45, 2.75) is 79.4 Å². The van der Waals surface area contributed by atoms with E-state index in [0.29, 0.717) is 36.0 Å². The third-order valence-corrected chi connectivity index (χ3v) is 6.77.